The summed E-state index contributed by atoms with van der Waals surface area (Å²) in [5, 5.41) is 0. The molecule has 0 unspecified atom stereocenters. The summed E-state index contributed by atoms with van der Waals surface area (Å²) >= 11 is 3.30. The molecule has 3 amide bonds. The van der Waals surface area contributed by atoms with Crippen LogP contribution < -0.4 is 4.90 Å². The molecule has 0 spiro atoms. The summed E-state index contributed by atoms with van der Waals surface area (Å²) in [6.45, 7) is 0.338. The number of rotatable bonds is 2. The number of anilines is 1. The normalized spacial score (nSPS) is 15.7. The van der Waals surface area contributed by atoms with Gasteiger partial charge in [0.1, 0.15) is 6.54 Å². The molecule has 2 aliphatic heterocycles. The number of halogens is 1. The Balaban J connectivity index is 1.58. The van der Waals surface area contributed by atoms with Gasteiger partial charge < -0.3 is 4.90 Å². The van der Waals surface area contributed by atoms with Gasteiger partial charge in [0.05, 0.1) is 11.1 Å². The Kier molecular flexibility index (Phi) is 3.49. The number of hydrogen-bond donors (Lipinski definition) is 0. The number of fused-ring (bicyclic) bond motifs is 2. The van der Waals surface area contributed by atoms with Crippen molar-refractivity contribution in [1.29, 1.82) is 0 Å². The largest absolute Gasteiger partial charge is 0.310 e. The molecule has 0 saturated heterocycles. The van der Waals surface area contributed by atoms with E-state index in [1.165, 1.54) is 0 Å². The van der Waals surface area contributed by atoms with Crippen LogP contribution in [-0.2, 0) is 11.2 Å². The van der Waals surface area contributed by atoms with Crippen molar-refractivity contribution in [3.63, 3.8) is 0 Å². The molecule has 0 atom stereocenters. The fourth-order valence-corrected chi connectivity index (χ4v) is 3.59. The highest BCUT2D eigenvalue weighted by molar-refractivity contribution is 9.10. The highest BCUT2D eigenvalue weighted by atomic mass is 79.9. The van der Waals surface area contributed by atoms with Crippen LogP contribution in [0.15, 0.2) is 46.9 Å². The summed E-state index contributed by atoms with van der Waals surface area (Å²) in [4.78, 5) is 40.2. The lowest BCUT2D eigenvalue weighted by atomic mass is 10.1. The van der Waals surface area contributed by atoms with E-state index in [1.807, 2.05) is 24.3 Å². The number of hydrogen-bond acceptors (Lipinski definition) is 3. The third kappa shape index (κ3) is 2.26. The van der Waals surface area contributed by atoms with Gasteiger partial charge in [0.25, 0.3) is 11.8 Å². The quantitative estimate of drug-likeness (QED) is 0.747. The number of imide groups is 1. The SMILES string of the molecule is O=C1c2ccc(Br)cc2C(=O)N1CC(=O)N1CCc2ccccc21. The summed E-state index contributed by atoms with van der Waals surface area (Å²) in [7, 11) is 0. The molecule has 2 aliphatic rings. The highest BCUT2D eigenvalue weighted by Gasteiger charge is 2.38. The lowest BCUT2D eigenvalue weighted by Gasteiger charge is -2.20. The zero-order valence-corrected chi connectivity index (χ0v) is 14.2. The topological polar surface area (TPSA) is 57.7 Å². The van der Waals surface area contributed by atoms with Gasteiger partial charge in [0.15, 0.2) is 0 Å². The average molecular weight is 385 g/mol. The van der Waals surface area contributed by atoms with Crippen LogP contribution in [0.5, 0.6) is 0 Å². The van der Waals surface area contributed by atoms with Crippen molar-refractivity contribution < 1.29 is 14.4 Å². The number of amides is 3. The standard InChI is InChI=1S/C18H13BrN2O3/c19-12-5-6-13-14(9-12)18(24)21(17(13)23)10-16(22)20-8-7-11-3-1-2-4-15(11)20/h1-6,9H,7-8,10H2. The molecule has 120 valence electrons. The lowest BCUT2D eigenvalue weighted by molar-refractivity contribution is -0.118. The van der Waals surface area contributed by atoms with Gasteiger partial charge in [-0.3, -0.25) is 19.3 Å². The molecule has 4 rings (SSSR count). The molecule has 0 aliphatic carbocycles. The molecule has 5 nitrogen and oxygen atoms in total. The number of carbonyl (C=O) groups is 3. The van der Waals surface area contributed by atoms with Crippen LogP contribution in [0.25, 0.3) is 0 Å². The van der Waals surface area contributed by atoms with Crippen molar-refractivity contribution in [2.45, 2.75) is 6.42 Å². The molecule has 0 bridgehead atoms. The van der Waals surface area contributed by atoms with Crippen LogP contribution in [0, 0.1) is 0 Å². The van der Waals surface area contributed by atoms with Crippen LogP contribution in [0.2, 0.25) is 0 Å². The van der Waals surface area contributed by atoms with Gasteiger partial charge in [-0.05, 0) is 36.2 Å². The van der Waals surface area contributed by atoms with E-state index in [0.717, 1.165) is 27.0 Å². The van der Waals surface area contributed by atoms with Gasteiger partial charge in [0, 0.05) is 16.7 Å². The first-order valence-electron chi connectivity index (χ1n) is 7.60. The Morgan fingerprint density at radius 1 is 1.04 bits per heavy atom. The molecule has 0 aromatic heterocycles. The van der Waals surface area contributed by atoms with Gasteiger partial charge in [0.2, 0.25) is 5.91 Å². The van der Waals surface area contributed by atoms with Crippen molar-refractivity contribution in [3.05, 3.63) is 63.6 Å². The first-order chi connectivity index (χ1) is 11.6. The van der Waals surface area contributed by atoms with E-state index < -0.39 is 11.8 Å². The predicted octanol–water partition coefficient (Wildman–Crippen LogP) is 2.63. The second kappa shape index (κ2) is 5.56. The number of carbonyl (C=O) groups excluding carboxylic acids is 3. The minimum atomic E-state index is -0.419. The Hall–Kier alpha value is -2.47. The molecule has 0 radical (unpaired) electrons. The first kappa shape index (κ1) is 15.1. The molecule has 0 N–H and O–H groups in total. The van der Waals surface area contributed by atoms with E-state index in [0.29, 0.717) is 17.7 Å². The van der Waals surface area contributed by atoms with E-state index in [1.54, 1.807) is 23.1 Å². The predicted molar refractivity (Wildman–Crippen MR) is 92.0 cm³/mol. The van der Waals surface area contributed by atoms with Gasteiger partial charge in [-0.15, -0.1) is 0 Å². The van der Waals surface area contributed by atoms with Gasteiger partial charge in [-0.25, -0.2) is 0 Å². The van der Waals surface area contributed by atoms with E-state index in [2.05, 4.69) is 15.9 Å². The Labute approximate surface area is 147 Å². The number of para-hydroxylation sites is 1. The number of benzene rings is 2. The van der Waals surface area contributed by atoms with E-state index in [-0.39, 0.29) is 12.5 Å². The first-order valence-corrected chi connectivity index (χ1v) is 8.39. The molecule has 24 heavy (non-hydrogen) atoms. The van der Waals surface area contributed by atoms with E-state index in [4.69, 9.17) is 0 Å². The summed E-state index contributed by atoms with van der Waals surface area (Å²) in [5.74, 6) is -1.08. The highest BCUT2D eigenvalue weighted by Crippen LogP contribution is 2.29. The molecule has 2 aromatic carbocycles. The maximum Gasteiger partial charge on any atom is 0.262 e. The molecule has 0 fully saturated rings. The minimum Gasteiger partial charge on any atom is -0.310 e. The molecular weight excluding hydrogens is 372 g/mol. The second-order valence-electron chi connectivity index (χ2n) is 5.81. The van der Waals surface area contributed by atoms with E-state index >= 15 is 0 Å². The monoisotopic (exact) mass is 384 g/mol. The Bertz CT molecular complexity index is 894. The summed E-state index contributed by atoms with van der Waals surface area (Å²) < 4.78 is 0.726. The lowest BCUT2D eigenvalue weighted by Crippen LogP contribution is -2.42. The van der Waals surface area contributed by atoms with Gasteiger partial charge >= 0.3 is 0 Å². The summed E-state index contributed by atoms with van der Waals surface area (Å²) in [5.41, 5.74) is 2.65. The van der Waals surface area contributed by atoms with Crippen LogP contribution in [0.3, 0.4) is 0 Å². The fraction of sp³-hybridized carbons (Fsp3) is 0.167. The molecule has 2 heterocycles. The fourth-order valence-electron chi connectivity index (χ4n) is 3.22. The van der Waals surface area contributed by atoms with Crippen LogP contribution in [0.1, 0.15) is 26.3 Å². The van der Waals surface area contributed by atoms with Crippen molar-refractivity contribution in [3.8, 4) is 0 Å². The summed E-state index contributed by atoms with van der Waals surface area (Å²) in [6, 6.07) is 12.6. The number of nitrogens with zero attached hydrogens (tertiary/aromatic N) is 2. The molecule has 2 aromatic rings. The summed E-state index contributed by atoms with van der Waals surface area (Å²) in [6.07, 6.45) is 0.789. The van der Waals surface area contributed by atoms with Crippen molar-refractivity contribution in [2.75, 3.05) is 18.0 Å². The van der Waals surface area contributed by atoms with E-state index in [9.17, 15) is 14.4 Å². The Morgan fingerprint density at radius 3 is 2.62 bits per heavy atom. The molecular formula is C18H13BrN2O3. The molecule has 0 saturated carbocycles. The van der Waals surface area contributed by atoms with Crippen molar-refractivity contribution >= 4 is 39.3 Å². The zero-order chi connectivity index (χ0) is 16.8. The maximum absolute atomic E-state index is 12.6. The third-order valence-electron chi connectivity index (χ3n) is 4.41. The zero-order valence-electron chi connectivity index (χ0n) is 12.7. The third-order valence-corrected chi connectivity index (χ3v) is 4.91. The van der Waals surface area contributed by atoms with Gasteiger partial charge in [-0.2, -0.15) is 0 Å². The second-order valence-corrected chi connectivity index (χ2v) is 6.73. The van der Waals surface area contributed by atoms with Crippen molar-refractivity contribution in [1.82, 2.24) is 4.90 Å². The van der Waals surface area contributed by atoms with Crippen LogP contribution in [-0.4, -0.2) is 35.7 Å². The average Bonchev–Trinajstić information content (AvgIpc) is 3.10. The Morgan fingerprint density at radius 2 is 1.79 bits per heavy atom. The van der Waals surface area contributed by atoms with Crippen molar-refractivity contribution in [2.24, 2.45) is 0 Å². The minimum absolute atomic E-state index is 0.238. The smallest absolute Gasteiger partial charge is 0.262 e. The van der Waals surface area contributed by atoms with Gasteiger partial charge in [-0.1, -0.05) is 34.1 Å². The molecule has 6 heteroatoms. The maximum atomic E-state index is 12.6. The van der Waals surface area contributed by atoms with Crippen LogP contribution >= 0.6 is 15.9 Å². The van der Waals surface area contributed by atoms with Crippen LogP contribution in [0.4, 0.5) is 5.69 Å².